The first kappa shape index (κ1) is 14.9. The van der Waals surface area contributed by atoms with Crippen LogP contribution < -0.4 is 10.6 Å². The third-order valence-electron chi connectivity index (χ3n) is 4.27. The summed E-state index contributed by atoms with van der Waals surface area (Å²) in [7, 11) is 1.68. The van der Waals surface area contributed by atoms with Gasteiger partial charge in [0.15, 0.2) is 0 Å². The zero-order valence-electron chi connectivity index (χ0n) is 12.7. The van der Waals surface area contributed by atoms with Gasteiger partial charge in [-0.3, -0.25) is 4.79 Å². The molecule has 1 aliphatic carbocycles. The summed E-state index contributed by atoms with van der Waals surface area (Å²) in [5.41, 5.74) is 2.92. The van der Waals surface area contributed by atoms with Crippen molar-refractivity contribution in [3.8, 4) is 0 Å². The normalized spacial score (nSPS) is 17.1. The lowest BCUT2D eigenvalue weighted by Gasteiger charge is -2.23. The van der Waals surface area contributed by atoms with Gasteiger partial charge in [-0.15, -0.1) is 0 Å². The minimum absolute atomic E-state index is 0.0104. The molecule has 1 fully saturated rings. The van der Waals surface area contributed by atoms with Crippen molar-refractivity contribution in [3.63, 3.8) is 0 Å². The second kappa shape index (κ2) is 7.32. The number of benzene rings is 1. The fourth-order valence-corrected chi connectivity index (χ4v) is 2.99. The summed E-state index contributed by atoms with van der Waals surface area (Å²) in [6.07, 6.45) is 9.20. The van der Waals surface area contributed by atoms with Gasteiger partial charge in [-0.05, 0) is 37.5 Å². The van der Waals surface area contributed by atoms with Crippen LogP contribution in [0.15, 0.2) is 18.2 Å². The number of hydrogen-bond acceptors (Lipinski definition) is 2. The molecule has 1 aliphatic rings. The fraction of sp³-hybridized carbons (Fsp3) is 0.588. The average molecular weight is 274 g/mol. The Hall–Kier alpha value is -1.51. The Bertz CT molecular complexity index is 448. The van der Waals surface area contributed by atoms with Crippen molar-refractivity contribution < 1.29 is 4.79 Å². The molecular weight excluding hydrogens is 248 g/mol. The molecule has 0 atom stereocenters. The number of carbonyl (C=O) groups excluding carboxylic acids is 1. The first-order valence-corrected chi connectivity index (χ1v) is 7.80. The number of amides is 1. The van der Waals surface area contributed by atoms with E-state index < -0.39 is 0 Å². The zero-order chi connectivity index (χ0) is 14.4. The van der Waals surface area contributed by atoms with Gasteiger partial charge in [-0.2, -0.15) is 0 Å². The Labute approximate surface area is 122 Å². The van der Waals surface area contributed by atoms with E-state index in [9.17, 15) is 4.79 Å². The SMILES string of the molecule is CNC(=O)c1cccc(NC2CCCCCCC2)c1C. The van der Waals surface area contributed by atoms with E-state index in [1.165, 1.54) is 44.9 Å². The van der Waals surface area contributed by atoms with Crippen LogP contribution in [-0.2, 0) is 0 Å². The topological polar surface area (TPSA) is 41.1 Å². The highest BCUT2D eigenvalue weighted by Gasteiger charge is 2.14. The van der Waals surface area contributed by atoms with E-state index in [-0.39, 0.29) is 5.91 Å². The molecule has 110 valence electrons. The molecule has 2 N–H and O–H groups in total. The molecule has 2 rings (SSSR count). The van der Waals surface area contributed by atoms with Crippen molar-refractivity contribution in [2.75, 3.05) is 12.4 Å². The molecule has 1 amide bonds. The maximum Gasteiger partial charge on any atom is 0.251 e. The predicted octanol–water partition coefficient (Wildman–Crippen LogP) is 3.88. The van der Waals surface area contributed by atoms with E-state index in [0.29, 0.717) is 6.04 Å². The Balaban J connectivity index is 2.10. The number of anilines is 1. The van der Waals surface area contributed by atoms with Crippen LogP contribution in [0.2, 0.25) is 0 Å². The van der Waals surface area contributed by atoms with Crippen molar-refractivity contribution in [1.29, 1.82) is 0 Å². The van der Waals surface area contributed by atoms with Crippen molar-refractivity contribution in [1.82, 2.24) is 5.32 Å². The van der Waals surface area contributed by atoms with Gasteiger partial charge in [0, 0.05) is 24.3 Å². The summed E-state index contributed by atoms with van der Waals surface area (Å²) in [5, 5.41) is 6.36. The number of rotatable bonds is 3. The van der Waals surface area contributed by atoms with Crippen LogP contribution in [0.25, 0.3) is 0 Å². The first-order valence-electron chi connectivity index (χ1n) is 7.80. The summed E-state index contributed by atoms with van der Waals surface area (Å²) >= 11 is 0. The molecule has 0 heterocycles. The van der Waals surface area contributed by atoms with Gasteiger partial charge in [-0.1, -0.05) is 38.2 Å². The molecule has 0 radical (unpaired) electrons. The van der Waals surface area contributed by atoms with Crippen molar-refractivity contribution >= 4 is 11.6 Å². The second-order valence-electron chi connectivity index (χ2n) is 5.74. The smallest absolute Gasteiger partial charge is 0.251 e. The molecule has 1 aromatic carbocycles. The second-order valence-corrected chi connectivity index (χ2v) is 5.74. The molecule has 20 heavy (non-hydrogen) atoms. The largest absolute Gasteiger partial charge is 0.382 e. The van der Waals surface area contributed by atoms with E-state index in [0.717, 1.165) is 16.8 Å². The Morgan fingerprint density at radius 2 is 1.75 bits per heavy atom. The number of carbonyl (C=O) groups is 1. The van der Waals surface area contributed by atoms with Crippen LogP contribution in [0, 0.1) is 6.92 Å². The summed E-state index contributed by atoms with van der Waals surface area (Å²) in [6, 6.07) is 6.48. The van der Waals surface area contributed by atoms with E-state index in [1.807, 2.05) is 19.1 Å². The van der Waals surface area contributed by atoms with Crippen LogP contribution in [-0.4, -0.2) is 19.0 Å². The van der Waals surface area contributed by atoms with Gasteiger partial charge in [0.05, 0.1) is 0 Å². The Morgan fingerprint density at radius 1 is 1.10 bits per heavy atom. The fourth-order valence-electron chi connectivity index (χ4n) is 2.99. The molecule has 0 aliphatic heterocycles. The first-order chi connectivity index (χ1) is 9.72. The Kier molecular flexibility index (Phi) is 5.45. The van der Waals surface area contributed by atoms with Gasteiger partial charge in [0.1, 0.15) is 0 Å². The zero-order valence-corrected chi connectivity index (χ0v) is 12.7. The minimum atomic E-state index is -0.0104. The van der Waals surface area contributed by atoms with Crippen LogP contribution in [0.4, 0.5) is 5.69 Å². The molecule has 3 nitrogen and oxygen atoms in total. The van der Waals surface area contributed by atoms with E-state index in [2.05, 4.69) is 16.7 Å². The summed E-state index contributed by atoms with van der Waals surface area (Å²) in [4.78, 5) is 11.8. The lowest BCUT2D eigenvalue weighted by molar-refractivity contribution is 0.0962. The van der Waals surface area contributed by atoms with Gasteiger partial charge >= 0.3 is 0 Å². The highest BCUT2D eigenvalue weighted by molar-refractivity contribution is 5.96. The minimum Gasteiger partial charge on any atom is -0.382 e. The Morgan fingerprint density at radius 3 is 2.40 bits per heavy atom. The molecule has 1 aromatic rings. The molecule has 3 heteroatoms. The lowest BCUT2D eigenvalue weighted by atomic mass is 9.96. The number of nitrogens with one attached hydrogen (secondary N) is 2. The molecule has 0 aromatic heterocycles. The highest BCUT2D eigenvalue weighted by Crippen LogP contribution is 2.24. The maximum atomic E-state index is 11.8. The lowest BCUT2D eigenvalue weighted by Crippen LogP contribution is -2.23. The third kappa shape index (κ3) is 3.75. The molecule has 0 spiro atoms. The molecule has 0 unspecified atom stereocenters. The molecular formula is C17H26N2O. The van der Waals surface area contributed by atoms with Gasteiger partial charge < -0.3 is 10.6 Å². The number of hydrogen-bond donors (Lipinski definition) is 2. The predicted molar refractivity (Wildman–Crippen MR) is 84.3 cm³/mol. The van der Waals surface area contributed by atoms with Crippen molar-refractivity contribution in [2.24, 2.45) is 0 Å². The van der Waals surface area contributed by atoms with E-state index in [1.54, 1.807) is 7.05 Å². The molecule has 0 bridgehead atoms. The van der Waals surface area contributed by atoms with Gasteiger partial charge in [0.2, 0.25) is 0 Å². The standard InChI is InChI=1S/C17H26N2O/c1-13-15(17(20)18-2)11-8-12-16(13)19-14-9-6-4-3-5-7-10-14/h8,11-12,14,19H,3-7,9-10H2,1-2H3,(H,18,20). The van der Waals surface area contributed by atoms with Crippen molar-refractivity contribution in [2.45, 2.75) is 57.9 Å². The summed E-state index contributed by atoms with van der Waals surface area (Å²) < 4.78 is 0. The third-order valence-corrected chi connectivity index (χ3v) is 4.27. The van der Waals surface area contributed by atoms with Gasteiger partial charge in [-0.25, -0.2) is 0 Å². The quantitative estimate of drug-likeness (QED) is 0.878. The summed E-state index contributed by atoms with van der Waals surface area (Å²) in [5.74, 6) is -0.0104. The highest BCUT2D eigenvalue weighted by atomic mass is 16.1. The van der Waals surface area contributed by atoms with Gasteiger partial charge in [0.25, 0.3) is 5.91 Å². The molecule has 0 saturated heterocycles. The summed E-state index contributed by atoms with van der Waals surface area (Å²) in [6.45, 7) is 2.02. The maximum absolute atomic E-state index is 11.8. The van der Waals surface area contributed by atoms with Crippen LogP contribution in [0.1, 0.15) is 60.9 Å². The van der Waals surface area contributed by atoms with E-state index in [4.69, 9.17) is 0 Å². The molecule has 1 saturated carbocycles. The van der Waals surface area contributed by atoms with Crippen LogP contribution >= 0.6 is 0 Å². The van der Waals surface area contributed by atoms with Crippen molar-refractivity contribution in [3.05, 3.63) is 29.3 Å². The van der Waals surface area contributed by atoms with Crippen LogP contribution in [0.5, 0.6) is 0 Å². The monoisotopic (exact) mass is 274 g/mol. The van der Waals surface area contributed by atoms with E-state index >= 15 is 0 Å². The van der Waals surface area contributed by atoms with Crippen LogP contribution in [0.3, 0.4) is 0 Å². The average Bonchev–Trinajstić information content (AvgIpc) is 2.43.